The Hall–Kier alpha value is -1.59. The molecular formula is C20H33N3O2. The van der Waals surface area contributed by atoms with Gasteiger partial charge in [-0.25, -0.2) is 4.79 Å². The molecule has 25 heavy (non-hydrogen) atoms. The number of amides is 2. The Balaban J connectivity index is 1.80. The summed E-state index contributed by atoms with van der Waals surface area (Å²) in [6, 6.07) is 10.5. The predicted molar refractivity (Wildman–Crippen MR) is 101 cm³/mol. The van der Waals surface area contributed by atoms with Gasteiger partial charge in [0.05, 0.1) is 6.10 Å². The number of benzene rings is 1. The second-order valence-corrected chi connectivity index (χ2v) is 7.46. The fraction of sp³-hybridized carbons (Fsp3) is 0.650. The van der Waals surface area contributed by atoms with E-state index in [-0.39, 0.29) is 12.1 Å². The number of hydrogen-bond acceptors (Lipinski definition) is 3. The lowest BCUT2D eigenvalue weighted by molar-refractivity contribution is 0.0972. The van der Waals surface area contributed by atoms with Crippen LogP contribution in [0.25, 0.3) is 0 Å². The highest BCUT2D eigenvalue weighted by Crippen LogP contribution is 2.23. The van der Waals surface area contributed by atoms with E-state index in [1.807, 2.05) is 13.0 Å². The molecule has 1 fully saturated rings. The van der Waals surface area contributed by atoms with Crippen molar-refractivity contribution >= 4 is 6.03 Å². The van der Waals surface area contributed by atoms with Crippen molar-refractivity contribution in [1.29, 1.82) is 0 Å². The van der Waals surface area contributed by atoms with Crippen LogP contribution in [0.1, 0.15) is 39.2 Å². The molecule has 5 heteroatoms. The minimum absolute atomic E-state index is 0.162. The van der Waals surface area contributed by atoms with E-state index in [0.29, 0.717) is 24.8 Å². The summed E-state index contributed by atoms with van der Waals surface area (Å²) >= 11 is 0. The molecule has 1 heterocycles. The first-order valence-electron chi connectivity index (χ1n) is 9.48. The van der Waals surface area contributed by atoms with Crippen LogP contribution in [0.3, 0.4) is 0 Å². The van der Waals surface area contributed by atoms with E-state index in [9.17, 15) is 9.90 Å². The Labute approximate surface area is 151 Å². The largest absolute Gasteiger partial charge is 0.391 e. The van der Waals surface area contributed by atoms with Gasteiger partial charge >= 0.3 is 6.03 Å². The Bertz CT molecular complexity index is 511. The molecule has 0 spiro atoms. The van der Waals surface area contributed by atoms with Crippen molar-refractivity contribution in [1.82, 2.24) is 15.5 Å². The molecular weight excluding hydrogens is 314 g/mol. The Morgan fingerprint density at radius 3 is 2.48 bits per heavy atom. The first kappa shape index (κ1) is 19.7. The molecule has 2 amide bonds. The molecule has 1 aromatic carbocycles. The third kappa shape index (κ3) is 6.33. The molecule has 2 rings (SSSR count). The Morgan fingerprint density at radius 1 is 1.24 bits per heavy atom. The average Bonchev–Trinajstić information content (AvgIpc) is 2.57. The zero-order valence-corrected chi connectivity index (χ0v) is 15.7. The van der Waals surface area contributed by atoms with Crippen LogP contribution in [-0.2, 0) is 6.54 Å². The highest BCUT2D eigenvalue weighted by molar-refractivity contribution is 5.74. The summed E-state index contributed by atoms with van der Waals surface area (Å²) in [6.07, 6.45) is 1.17. The second-order valence-electron chi connectivity index (χ2n) is 7.46. The third-order valence-electron chi connectivity index (χ3n) is 4.99. The number of carbonyl (C=O) groups excluding carboxylic acids is 1. The van der Waals surface area contributed by atoms with E-state index in [0.717, 1.165) is 26.1 Å². The lowest BCUT2D eigenvalue weighted by Crippen LogP contribution is -2.56. The maximum Gasteiger partial charge on any atom is 0.315 e. The van der Waals surface area contributed by atoms with Gasteiger partial charge in [-0.1, -0.05) is 57.5 Å². The number of hydrogen-bond donors (Lipinski definition) is 3. The lowest BCUT2D eigenvalue weighted by atomic mass is 9.85. The fourth-order valence-electron chi connectivity index (χ4n) is 3.78. The highest BCUT2D eigenvalue weighted by Gasteiger charge is 2.32. The van der Waals surface area contributed by atoms with Crippen molar-refractivity contribution < 1.29 is 9.90 Å². The standard InChI is InChI=1S/C20H33N3O2/c1-4-8-18(24)11-21-20(25)22-19-15(2)12-23(13-16(19)3)14-17-9-6-5-7-10-17/h5-7,9-10,15-16,18-19,24H,4,8,11-14H2,1-3H3,(H2,21,22,25). The molecule has 0 saturated carbocycles. The van der Waals surface area contributed by atoms with Crippen LogP contribution in [-0.4, -0.2) is 47.8 Å². The van der Waals surface area contributed by atoms with E-state index in [4.69, 9.17) is 0 Å². The van der Waals surface area contributed by atoms with E-state index in [1.54, 1.807) is 0 Å². The number of urea groups is 1. The molecule has 3 atom stereocenters. The third-order valence-corrected chi connectivity index (χ3v) is 4.99. The Morgan fingerprint density at radius 2 is 1.88 bits per heavy atom. The van der Waals surface area contributed by atoms with Crippen LogP contribution in [0.5, 0.6) is 0 Å². The van der Waals surface area contributed by atoms with Crippen molar-refractivity contribution in [3.05, 3.63) is 35.9 Å². The summed E-state index contributed by atoms with van der Waals surface area (Å²) in [5.41, 5.74) is 1.33. The molecule has 0 aromatic heterocycles. The van der Waals surface area contributed by atoms with Gasteiger partial charge in [0.2, 0.25) is 0 Å². The van der Waals surface area contributed by atoms with E-state index in [2.05, 4.69) is 53.6 Å². The molecule has 0 bridgehead atoms. The number of rotatable bonds is 7. The summed E-state index contributed by atoms with van der Waals surface area (Å²) < 4.78 is 0. The summed E-state index contributed by atoms with van der Waals surface area (Å²) in [5, 5.41) is 15.6. The molecule has 0 radical (unpaired) electrons. The maximum atomic E-state index is 12.1. The van der Waals surface area contributed by atoms with Gasteiger partial charge in [-0.15, -0.1) is 0 Å². The highest BCUT2D eigenvalue weighted by atomic mass is 16.3. The van der Waals surface area contributed by atoms with Gasteiger partial charge in [-0.3, -0.25) is 4.90 Å². The molecule has 5 nitrogen and oxygen atoms in total. The topological polar surface area (TPSA) is 64.6 Å². The van der Waals surface area contributed by atoms with Crippen molar-refractivity contribution in [2.75, 3.05) is 19.6 Å². The van der Waals surface area contributed by atoms with Crippen LogP contribution >= 0.6 is 0 Å². The van der Waals surface area contributed by atoms with Crippen LogP contribution in [0.4, 0.5) is 4.79 Å². The van der Waals surface area contributed by atoms with Gasteiger partial charge < -0.3 is 15.7 Å². The molecule has 1 aromatic rings. The van der Waals surface area contributed by atoms with E-state index >= 15 is 0 Å². The number of likely N-dealkylation sites (tertiary alicyclic amines) is 1. The minimum atomic E-state index is -0.460. The number of piperidine rings is 1. The number of aliphatic hydroxyl groups excluding tert-OH is 1. The number of nitrogens with zero attached hydrogens (tertiary/aromatic N) is 1. The zero-order chi connectivity index (χ0) is 18.2. The summed E-state index contributed by atoms with van der Waals surface area (Å²) in [6.45, 7) is 9.64. The van der Waals surface area contributed by atoms with Crippen molar-refractivity contribution in [2.24, 2.45) is 11.8 Å². The molecule has 3 N–H and O–H groups in total. The molecule has 1 aliphatic heterocycles. The predicted octanol–water partition coefficient (Wildman–Crippen LogP) is 2.60. The maximum absolute atomic E-state index is 12.1. The quantitative estimate of drug-likeness (QED) is 0.710. The normalized spacial score (nSPS) is 25.4. The van der Waals surface area contributed by atoms with Crippen molar-refractivity contribution in [2.45, 2.75) is 52.3 Å². The van der Waals surface area contributed by atoms with Crippen molar-refractivity contribution in [3.63, 3.8) is 0 Å². The number of aliphatic hydroxyl groups is 1. The summed E-state index contributed by atoms with van der Waals surface area (Å²) in [5.74, 6) is 0.776. The van der Waals surface area contributed by atoms with Crippen LogP contribution in [0.15, 0.2) is 30.3 Å². The summed E-state index contributed by atoms with van der Waals surface area (Å²) in [4.78, 5) is 14.6. The fourth-order valence-corrected chi connectivity index (χ4v) is 3.78. The smallest absolute Gasteiger partial charge is 0.315 e. The number of carbonyl (C=O) groups is 1. The van der Waals surface area contributed by atoms with Crippen LogP contribution in [0, 0.1) is 11.8 Å². The van der Waals surface area contributed by atoms with Gasteiger partial charge in [-0.2, -0.15) is 0 Å². The SMILES string of the molecule is CCCC(O)CNC(=O)NC1C(C)CN(Cc2ccccc2)CC1C. The van der Waals surface area contributed by atoms with E-state index in [1.165, 1.54) is 5.56 Å². The van der Waals surface area contributed by atoms with Crippen molar-refractivity contribution in [3.8, 4) is 0 Å². The first-order chi connectivity index (χ1) is 12.0. The van der Waals surface area contributed by atoms with Gasteiger partial charge in [0.25, 0.3) is 0 Å². The van der Waals surface area contributed by atoms with Crippen LogP contribution < -0.4 is 10.6 Å². The van der Waals surface area contributed by atoms with Gasteiger partial charge in [0.15, 0.2) is 0 Å². The minimum Gasteiger partial charge on any atom is -0.391 e. The molecule has 1 saturated heterocycles. The monoisotopic (exact) mass is 347 g/mol. The zero-order valence-electron chi connectivity index (χ0n) is 15.7. The van der Waals surface area contributed by atoms with Gasteiger partial charge in [-0.05, 0) is 23.8 Å². The second kappa shape index (κ2) is 9.78. The average molecular weight is 348 g/mol. The lowest BCUT2D eigenvalue weighted by Gasteiger charge is -2.41. The Kier molecular flexibility index (Phi) is 7.72. The summed E-state index contributed by atoms with van der Waals surface area (Å²) in [7, 11) is 0. The molecule has 0 aliphatic carbocycles. The van der Waals surface area contributed by atoms with E-state index < -0.39 is 6.10 Å². The van der Waals surface area contributed by atoms with Gasteiger partial charge in [0.1, 0.15) is 0 Å². The first-order valence-corrected chi connectivity index (χ1v) is 9.48. The van der Waals surface area contributed by atoms with Gasteiger partial charge in [0, 0.05) is 32.2 Å². The molecule has 1 aliphatic rings. The van der Waals surface area contributed by atoms with Crippen LogP contribution in [0.2, 0.25) is 0 Å². The molecule has 140 valence electrons. The number of nitrogens with one attached hydrogen (secondary N) is 2. The molecule has 3 unspecified atom stereocenters.